The Morgan fingerprint density at radius 2 is 2.19 bits per heavy atom. The second kappa shape index (κ2) is 6.58. The maximum atomic E-state index is 12.2. The lowest BCUT2D eigenvalue weighted by molar-refractivity contribution is -0.130. The number of halogens is 1. The molecule has 0 fully saturated rings. The topological polar surface area (TPSA) is 58.1 Å². The smallest absolute Gasteiger partial charge is 0.244 e. The van der Waals surface area contributed by atoms with E-state index in [1.54, 1.807) is 23.3 Å². The Morgan fingerprint density at radius 1 is 1.48 bits per heavy atom. The van der Waals surface area contributed by atoms with Gasteiger partial charge in [0, 0.05) is 18.5 Å². The molecule has 0 saturated heterocycles. The van der Waals surface area contributed by atoms with E-state index in [1.165, 1.54) is 4.88 Å². The van der Waals surface area contributed by atoms with Crippen molar-refractivity contribution in [2.24, 2.45) is 0 Å². The molecule has 2 rings (SSSR count). The number of aromatic nitrogens is 2. The standard InChI is InChI=1S/C14H19ClN4OS/c1-5-9-7-10-11(17-14(15)18-12(10)21-9)16-8(3)13(20)19(4)6-2/h7-8H,5-6H2,1-4H3,(H,16,17,18). The van der Waals surface area contributed by atoms with Crippen molar-refractivity contribution < 1.29 is 4.79 Å². The molecule has 0 radical (unpaired) electrons. The molecular formula is C14H19ClN4OS. The number of aryl methyl sites for hydroxylation is 1. The molecule has 1 N–H and O–H groups in total. The van der Waals surface area contributed by atoms with Gasteiger partial charge >= 0.3 is 0 Å². The van der Waals surface area contributed by atoms with Gasteiger partial charge in [-0.25, -0.2) is 9.97 Å². The van der Waals surface area contributed by atoms with Crippen LogP contribution in [0.25, 0.3) is 10.2 Å². The van der Waals surface area contributed by atoms with E-state index < -0.39 is 0 Å². The maximum absolute atomic E-state index is 12.2. The highest BCUT2D eigenvalue weighted by Crippen LogP contribution is 2.30. The largest absolute Gasteiger partial charge is 0.358 e. The van der Waals surface area contributed by atoms with Gasteiger partial charge in [-0.3, -0.25) is 4.79 Å². The summed E-state index contributed by atoms with van der Waals surface area (Å²) >= 11 is 7.58. The second-order valence-electron chi connectivity index (χ2n) is 4.84. The van der Waals surface area contributed by atoms with Crippen LogP contribution in [0.1, 0.15) is 25.6 Å². The number of amides is 1. The first kappa shape index (κ1) is 16.0. The molecule has 2 aromatic rings. The first-order valence-electron chi connectivity index (χ1n) is 6.93. The van der Waals surface area contributed by atoms with Crippen LogP contribution in [-0.4, -0.2) is 40.4 Å². The van der Waals surface area contributed by atoms with E-state index in [0.717, 1.165) is 16.6 Å². The molecule has 0 aromatic carbocycles. The van der Waals surface area contributed by atoms with Gasteiger partial charge in [0.05, 0.1) is 5.39 Å². The molecule has 2 aromatic heterocycles. The Balaban J connectivity index is 2.33. The summed E-state index contributed by atoms with van der Waals surface area (Å²) < 4.78 is 0. The van der Waals surface area contributed by atoms with E-state index in [4.69, 9.17) is 11.6 Å². The normalized spacial score (nSPS) is 12.4. The molecule has 1 atom stereocenters. The summed E-state index contributed by atoms with van der Waals surface area (Å²) in [4.78, 5) is 24.4. The van der Waals surface area contributed by atoms with Gasteiger partial charge in [0.2, 0.25) is 11.2 Å². The molecule has 0 saturated carbocycles. The molecule has 5 nitrogen and oxygen atoms in total. The number of thiophene rings is 1. The fourth-order valence-electron chi connectivity index (χ4n) is 1.98. The summed E-state index contributed by atoms with van der Waals surface area (Å²) in [6, 6.07) is 1.69. The van der Waals surface area contributed by atoms with Gasteiger partial charge in [-0.05, 0) is 37.9 Å². The Hall–Kier alpha value is -1.40. The molecular weight excluding hydrogens is 308 g/mol. The summed E-state index contributed by atoms with van der Waals surface area (Å²) in [5.74, 6) is 0.637. The third-order valence-corrected chi connectivity index (χ3v) is 4.68. The second-order valence-corrected chi connectivity index (χ2v) is 6.30. The number of carbonyl (C=O) groups excluding carboxylic acids is 1. The molecule has 0 bridgehead atoms. The number of fused-ring (bicyclic) bond motifs is 1. The van der Waals surface area contributed by atoms with E-state index in [-0.39, 0.29) is 17.2 Å². The molecule has 2 heterocycles. The van der Waals surface area contributed by atoms with E-state index in [0.29, 0.717) is 12.4 Å². The van der Waals surface area contributed by atoms with E-state index in [2.05, 4.69) is 28.3 Å². The molecule has 21 heavy (non-hydrogen) atoms. The summed E-state index contributed by atoms with van der Waals surface area (Å²) in [7, 11) is 1.78. The molecule has 7 heteroatoms. The van der Waals surface area contributed by atoms with Crippen molar-refractivity contribution in [3.8, 4) is 0 Å². The van der Waals surface area contributed by atoms with E-state index in [1.807, 2.05) is 13.8 Å². The number of hydrogen-bond donors (Lipinski definition) is 1. The average molecular weight is 327 g/mol. The molecule has 1 amide bonds. The molecule has 0 spiro atoms. The van der Waals surface area contributed by atoms with Crippen LogP contribution in [0.15, 0.2) is 6.07 Å². The van der Waals surface area contributed by atoms with Crippen molar-refractivity contribution in [3.63, 3.8) is 0 Å². The van der Waals surface area contributed by atoms with Crippen molar-refractivity contribution in [2.45, 2.75) is 33.2 Å². The number of carbonyl (C=O) groups is 1. The van der Waals surface area contributed by atoms with Gasteiger partial charge < -0.3 is 10.2 Å². The van der Waals surface area contributed by atoms with Crippen molar-refractivity contribution >= 4 is 44.9 Å². The predicted molar refractivity (Wildman–Crippen MR) is 88.2 cm³/mol. The Labute approximate surface area is 133 Å². The fourth-order valence-corrected chi connectivity index (χ4v) is 3.17. The average Bonchev–Trinajstić information content (AvgIpc) is 2.88. The first-order valence-corrected chi connectivity index (χ1v) is 8.13. The van der Waals surface area contributed by atoms with Crippen LogP contribution < -0.4 is 5.32 Å². The highest BCUT2D eigenvalue weighted by molar-refractivity contribution is 7.18. The Morgan fingerprint density at radius 3 is 2.81 bits per heavy atom. The predicted octanol–water partition coefficient (Wildman–Crippen LogP) is 3.19. The van der Waals surface area contributed by atoms with Crippen LogP contribution in [-0.2, 0) is 11.2 Å². The van der Waals surface area contributed by atoms with Crippen LogP contribution in [0, 0.1) is 0 Å². The van der Waals surface area contributed by atoms with Crippen LogP contribution in [0.5, 0.6) is 0 Å². The Bertz CT molecular complexity index is 658. The van der Waals surface area contributed by atoms with Gasteiger partial charge in [0.1, 0.15) is 16.7 Å². The third kappa shape index (κ3) is 3.44. The van der Waals surface area contributed by atoms with Crippen molar-refractivity contribution in [1.82, 2.24) is 14.9 Å². The lowest BCUT2D eigenvalue weighted by Gasteiger charge is -2.21. The maximum Gasteiger partial charge on any atom is 0.244 e. The van der Waals surface area contributed by atoms with Crippen molar-refractivity contribution in [3.05, 3.63) is 16.2 Å². The summed E-state index contributed by atoms with van der Waals surface area (Å²) in [5, 5.41) is 4.27. The zero-order valence-corrected chi connectivity index (χ0v) is 14.2. The van der Waals surface area contributed by atoms with Gasteiger partial charge in [-0.15, -0.1) is 11.3 Å². The SMILES string of the molecule is CCc1cc2c(NC(C)C(=O)N(C)CC)nc(Cl)nc2s1. The monoisotopic (exact) mass is 326 g/mol. The van der Waals surface area contributed by atoms with Gasteiger partial charge in [0.25, 0.3) is 0 Å². The number of nitrogens with zero attached hydrogens (tertiary/aromatic N) is 3. The van der Waals surface area contributed by atoms with Gasteiger partial charge in [-0.2, -0.15) is 0 Å². The minimum atomic E-state index is -0.367. The van der Waals surface area contributed by atoms with Crippen LogP contribution in [0.2, 0.25) is 5.28 Å². The number of hydrogen-bond acceptors (Lipinski definition) is 5. The quantitative estimate of drug-likeness (QED) is 0.857. The molecule has 0 aliphatic rings. The minimum Gasteiger partial charge on any atom is -0.358 e. The molecule has 0 aliphatic heterocycles. The fraction of sp³-hybridized carbons (Fsp3) is 0.500. The minimum absolute atomic E-state index is 0.0197. The first-order chi connectivity index (χ1) is 9.96. The van der Waals surface area contributed by atoms with Crippen LogP contribution in [0.3, 0.4) is 0 Å². The Kier molecular flexibility index (Phi) is 5.00. The van der Waals surface area contributed by atoms with Gasteiger partial charge in [-0.1, -0.05) is 6.92 Å². The highest BCUT2D eigenvalue weighted by Gasteiger charge is 2.19. The zero-order chi connectivity index (χ0) is 15.6. The van der Waals surface area contributed by atoms with E-state index >= 15 is 0 Å². The molecule has 1 unspecified atom stereocenters. The lowest BCUT2D eigenvalue weighted by Crippen LogP contribution is -2.39. The van der Waals surface area contributed by atoms with Gasteiger partial charge in [0.15, 0.2) is 0 Å². The number of anilines is 1. The van der Waals surface area contributed by atoms with Crippen molar-refractivity contribution in [1.29, 1.82) is 0 Å². The van der Waals surface area contributed by atoms with Crippen LogP contribution in [0.4, 0.5) is 5.82 Å². The van der Waals surface area contributed by atoms with E-state index in [9.17, 15) is 4.79 Å². The van der Waals surface area contributed by atoms with Crippen molar-refractivity contribution in [2.75, 3.05) is 18.9 Å². The summed E-state index contributed by atoms with van der Waals surface area (Å²) in [6.07, 6.45) is 0.936. The summed E-state index contributed by atoms with van der Waals surface area (Å²) in [6.45, 7) is 6.53. The third-order valence-electron chi connectivity index (χ3n) is 3.34. The summed E-state index contributed by atoms with van der Waals surface area (Å²) in [5.41, 5.74) is 0. The number of likely N-dealkylation sites (N-methyl/N-ethyl adjacent to an activating group) is 1. The number of nitrogens with one attached hydrogen (secondary N) is 1. The zero-order valence-electron chi connectivity index (χ0n) is 12.6. The lowest BCUT2D eigenvalue weighted by atomic mass is 10.2. The molecule has 0 aliphatic carbocycles. The van der Waals surface area contributed by atoms with Crippen LogP contribution >= 0.6 is 22.9 Å². The highest BCUT2D eigenvalue weighted by atomic mass is 35.5. The molecule has 114 valence electrons. The number of rotatable bonds is 5.